The molecule has 0 saturated carbocycles. The molecule has 2 unspecified atom stereocenters. The molecule has 6 N–H and O–H groups in total. The molecule has 2 amide bonds. The van der Waals surface area contributed by atoms with E-state index in [-0.39, 0.29) is 11.9 Å². The topological polar surface area (TPSA) is 133 Å². The van der Waals surface area contributed by atoms with Crippen LogP contribution in [0.15, 0.2) is 60.0 Å². The maximum atomic E-state index is 12.9. The van der Waals surface area contributed by atoms with Crippen LogP contribution in [0.2, 0.25) is 0 Å². The molecule has 0 radical (unpaired) electrons. The van der Waals surface area contributed by atoms with Crippen molar-refractivity contribution >= 4 is 45.8 Å². The minimum absolute atomic E-state index is 0.273. The number of hydrogen-bond donors (Lipinski definition) is 5. The average molecular weight is 450 g/mol. The van der Waals surface area contributed by atoms with E-state index in [0.717, 1.165) is 11.3 Å². The van der Waals surface area contributed by atoms with Crippen LogP contribution in [0, 0.1) is 0 Å². The van der Waals surface area contributed by atoms with E-state index in [1.54, 1.807) is 47.8 Å². The summed E-state index contributed by atoms with van der Waals surface area (Å²) in [6.07, 6.45) is -0.689. The van der Waals surface area contributed by atoms with E-state index in [1.165, 1.54) is 11.3 Å². The van der Waals surface area contributed by atoms with Gasteiger partial charge in [-0.05, 0) is 36.2 Å². The molecule has 9 heteroatoms. The minimum Gasteiger partial charge on any atom is -0.381 e. The normalized spacial score (nSPS) is 12.9. The number of nitrogens with zero attached hydrogens (tertiary/aromatic N) is 1. The smallest absolute Gasteiger partial charge is 0.255 e. The molecular weight excluding hydrogens is 426 g/mol. The van der Waals surface area contributed by atoms with Crippen LogP contribution >= 0.6 is 11.3 Å². The Morgan fingerprint density at radius 2 is 1.97 bits per heavy atom. The maximum absolute atomic E-state index is 12.9. The zero-order valence-corrected chi connectivity index (χ0v) is 18.1. The van der Waals surface area contributed by atoms with Gasteiger partial charge in [0.2, 0.25) is 0 Å². The lowest BCUT2D eigenvalue weighted by molar-refractivity contribution is -0.125. The summed E-state index contributed by atoms with van der Waals surface area (Å²) in [6.45, 7) is 2.02. The highest BCUT2D eigenvalue weighted by atomic mass is 32.1. The third kappa shape index (κ3) is 4.63. The van der Waals surface area contributed by atoms with Crippen molar-refractivity contribution in [2.24, 2.45) is 0 Å². The molecular formula is C23H23N5O3S. The highest BCUT2D eigenvalue weighted by Gasteiger charge is 2.30. The van der Waals surface area contributed by atoms with Gasteiger partial charge in [-0.1, -0.05) is 37.3 Å². The standard InChI is InChI=1S/C23H23N5O3S/c1-2-16-10-14(12-32-16)21(30)28-19(13-6-4-3-5-7-13)20(29)22(31)25-15-8-9-17-18(11-15)27-23(24)26-17/h3-12,19-20,29H,2H2,1H3,(H,25,31)(H,28,30)(H3,24,26,27). The van der Waals surface area contributed by atoms with Gasteiger partial charge in [-0.15, -0.1) is 11.3 Å². The van der Waals surface area contributed by atoms with Gasteiger partial charge in [0, 0.05) is 15.9 Å². The van der Waals surface area contributed by atoms with Gasteiger partial charge in [0.15, 0.2) is 12.1 Å². The van der Waals surface area contributed by atoms with Crippen LogP contribution in [0.5, 0.6) is 0 Å². The number of benzene rings is 2. The van der Waals surface area contributed by atoms with Crippen LogP contribution in [-0.4, -0.2) is 33.0 Å². The second-order valence-electron chi connectivity index (χ2n) is 7.31. The molecule has 2 atom stereocenters. The molecule has 2 aromatic carbocycles. The van der Waals surface area contributed by atoms with Crippen LogP contribution in [0.25, 0.3) is 11.0 Å². The van der Waals surface area contributed by atoms with E-state index in [1.807, 2.05) is 19.1 Å². The minimum atomic E-state index is -1.52. The van der Waals surface area contributed by atoms with Gasteiger partial charge in [-0.25, -0.2) is 4.98 Å². The van der Waals surface area contributed by atoms with E-state index >= 15 is 0 Å². The number of nitrogens with two attached hydrogens (primary N) is 1. The van der Waals surface area contributed by atoms with Crippen molar-refractivity contribution in [3.63, 3.8) is 0 Å². The Kier molecular flexibility index (Phi) is 6.20. The number of H-pyrrole nitrogens is 1. The van der Waals surface area contributed by atoms with Gasteiger partial charge in [-0.2, -0.15) is 0 Å². The van der Waals surface area contributed by atoms with Crippen molar-refractivity contribution < 1.29 is 14.7 Å². The molecule has 4 aromatic rings. The lowest BCUT2D eigenvalue weighted by Gasteiger charge is -2.24. The van der Waals surface area contributed by atoms with Crippen molar-refractivity contribution in [3.05, 3.63) is 76.0 Å². The van der Waals surface area contributed by atoms with E-state index in [0.29, 0.717) is 27.8 Å². The molecule has 164 valence electrons. The van der Waals surface area contributed by atoms with Crippen LogP contribution in [-0.2, 0) is 11.2 Å². The first-order valence-electron chi connectivity index (χ1n) is 10.1. The first-order valence-corrected chi connectivity index (χ1v) is 11.0. The number of aliphatic hydroxyl groups excluding tert-OH is 1. The summed E-state index contributed by atoms with van der Waals surface area (Å²) in [6, 6.07) is 14.9. The van der Waals surface area contributed by atoms with E-state index in [2.05, 4.69) is 20.6 Å². The van der Waals surface area contributed by atoms with Crippen molar-refractivity contribution in [1.82, 2.24) is 15.3 Å². The van der Waals surface area contributed by atoms with E-state index in [9.17, 15) is 14.7 Å². The third-order valence-corrected chi connectivity index (χ3v) is 6.14. The fraction of sp³-hybridized carbons (Fsp3) is 0.174. The van der Waals surface area contributed by atoms with Gasteiger partial charge >= 0.3 is 0 Å². The van der Waals surface area contributed by atoms with Gasteiger partial charge in [0.1, 0.15) is 0 Å². The Labute approximate surface area is 188 Å². The van der Waals surface area contributed by atoms with Gasteiger partial charge in [0.05, 0.1) is 22.6 Å². The van der Waals surface area contributed by atoms with Gasteiger partial charge in [-0.3, -0.25) is 9.59 Å². The summed E-state index contributed by atoms with van der Waals surface area (Å²) < 4.78 is 0. The monoisotopic (exact) mass is 449 g/mol. The number of carbonyl (C=O) groups excluding carboxylic acids is 2. The molecule has 0 aliphatic carbocycles. The number of nitrogens with one attached hydrogen (secondary N) is 3. The second-order valence-corrected chi connectivity index (χ2v) is 8.30. The van der Waals surface area contributed by atoms with Crippen molar-refractivity contribution in [1.29, 1.82) is 0 Å². The SMILES string of the molecule is CCc1cc(C(=O)NC(c2ccccc2)C(O)C(=O)Nc2ccc3nc(N)[nH]c3c2)cs1. The predicted octanol–water partition coefficient (Wildman–Crippen LogP) is 3.24. The first kappa shape index (κ1) is 21.5. The van der Waals surface area contributed by atoms with Crippen LogP contribution in [0.4, 0.5) is 11.6 Å². The van der Waals surface area contributed by atoms with Crippen molar-refractivity contribution in [3.8, 4) is 0 Å². The zero-order chi connectivity index (χ0) is 22.7. The average Bonchev–Trinajstić information content (AvgIpc) is 3.43. The number of aromatic amines is 1. The van der Waals surface area contributed by atoms with Gasteiger partial charge in [0.25, 0.3) is 11.8 Å². The Bertz CT molecular complexity index is 1250. The molecule has 8 nitrogen and oxygen atoms in total. The highest BCUT2D eigenvalue weighted by Crippen LogP contribution is 2.23. The number of amides is 2. The Hall–Kier alpha value is -3.69. The molecule has 32 heavy (non-hydrogen) atoms. The number of imidazole rings is 1. The Balaban J connectivity index is 1.55. The molecule has 2 heterocycles. The number of aromatic nitrogens is 2. The summed E-state index contributed by atoms with van der Waals surface area (Å²) in [5, 5.41) is 18.2. The van der Waals surface area contributed by atoms with Crippen LogP contribution < -0.4 is 16.4 Å². The number of thiophene rings is 1. The number of anilines is 2. The fourth-order valence-corrected chi connectivity index (χ4v) is 4.20. The summed E-state index contributed by atoms with van der Waals surface area (Å²) in [5.74, 6) is -0.725. The Morgan fingerprint density at radius 3 is 2.69 bits per heavy atom. The molecule has 0 aliphatic heterocycles. The number of carbonyl (C=O) groups is 2. The van der Waals surface area contributed by atoms with Crippen LogP contribution in [0.3, 0.4) is 0 Å². The Morgan fingerprint density at radius 1 is 1.19 bits per heavy atom. The number of rotatable bonds is 7. The summed E-state index contributed by atoms with van der Waals surface area (Å²) in [5.41, 5.74) is 8.57. The molecule has 0 fully saturated rings. The van der Waals surface area contributed by atoms with E-state index in [4.69, 9.17) is 5.73 Å². The van der Waals surface area contributed by atoms with Crippen molar-refractivity contribution in [2.75, 3.05) is 11.1 Å². The number of fused-ring (bicyclic) bond motifs is 1. The molecule has 0 aliphatic rings. The number of hydrogen-bond acceptors (Lipinski definition) is 6. The molecule has 0 spiro atoms. The molecule has 0 saturated heterocycles. The summed E-state index contributed by atoms with van der Waals surface area (Å²) >= 11 is 1.50. The highest BCUT2D eigenvalue weighted by molar-refractivity contribution is 7.10. The lowest BCUT2D eigenvalue weighted by atomic mass is 10.00. The van der Waals surface area contributed by atoms with Crippen molar-refractivity contribution in [2.45, 2.75) is 25.5 Å². The molecule has 0 bridgehead atoms. The van der Waals surface area contributed by atoms with E-state index < -0.39 is 18.1 Å². The second kappa shape index (κ2) is 9.21. The molecule has 2 aromatic heterocycles. The number of aryl methyl sites for hydroxylation is 1. The fourth-order valence-electron chi connectivity index (χ4n) is 3.39. The number of aliphatic hydroxyl groups is 1. The molecule has 4 rings (SSSR count). The predicted molar refractivity (Wildman–Crippen MR) is 125 cm³/mol. The lowest BCUT2D eigenvalue weighted by Crippen LogP contribution is -2.42. The largest absolute Gasteiger partial charge is 0.381 e. The maximum Gasteiger partial charge on any atom is 0.255 e. The number of nitrogen functional groups attached to an aromatic ring is 1. The summed E-state index contributed by atoms with van der Waals surface area (Å²) in [7, 11) is 0. The third-order valence-electron chi connectivity index (χ3n) is 5.06. The summed E-state index contributed by atoms with van der Waals surface area (Å²) in [4.78, 5) is 33.8. The first-order chi connectivity index (χ1) is 15.4. The van der Waals surface area contributed by atoms with Gasteiger partial charge < -0.3 is 26.5 Å². The quantitative estimate of drug-likeness (QED) is 0.295. The van der Waals surface area contributed by atoms with Crippen LogP contribution in [0.1, 0.15) is 33.8 Å². The zero-order valence-electron chi connectivity index (χ0n) is 17.3.